The molecule has 0 saturated carbocycles. The van der Waals surface area contributed by atoms with Gasteiger partial charge in [0.2, 0.25) is 10.0 Å². The normalized spacial score (nSPS) is 12.0. The van der Waals surface area contributed by atoms with Crippen LogP contribution in [0.5, 0.6) is 0 Å². The summed E-state index contributed by atoms with van der Waals surface area (Å²) in [6, 6.07) is -0.376. The number of rotatable bonds is 10. The number of hydrogen-bond donors (Lipinski definition) is 4. The van der Waals surface area contributed by atoms with Crippen LogP contribution in [0, 0.1) is 5.41 Å². The summed E-state index contributed by atoms with van der Waals surface area (Å²) in [6.07, 6.45) is 2.36. The Morgan fingerprint density at radius 1 is 1.05 bits per heavy atom. The number of amides is 2. The summed E-state index contributed by atoms with van der Waals surface area (Å²) < 4.78 is 23.8. The van der Waals surface area contributed by atoms with E-state index < -0.39 is 16.0 Å². The number of carbonyl (C=O) groups excluding carboxylic acids is 1. The van der Waals surface area contributed by atoms with E-state index in [1.165, 1.54) is 0 Å². The topological polar surface area (TPSA) is 125 Å². The molecule has 0 saturated heterocycles. The maximum atomic E-state index is 11.4. The molecule has 0 aromatic heterocycles. The van der Waals surface area contributed by atoms with Crippen LogP contribution in [0.15, 0.2) is 0 Å². The average Bonchev–Trinajstić information content (AvgIpc) is 2.31. The molecule has 0 aromatic rings. The molecule has 0 aliphatic carbocycles. The van der Waals surface area contributed by atoms with Crippen LogP contribution in [0.3, 0.4) is 0 Å². The van der Waals surface area contributed by atoms with Crippen LogP contribution in [0.25, 0.3) is 0 Å². The van der Waals surface area contributed by atoms with Crippen molar-refractivity contribution in [1.29, 1.82) is 0 Å². The summed E-state index contributed by atoms with van der Waals surface area (Å²) in [7, 11) is -3.24. The molecule has 0 bridgehead atoms. The highest BCUT2D eigenvalue weighted by Gasteiger charge is 2.19. The summed E-state index contributed by atoms with van der Waals surface area (Å²) in [6.45, 7) is 4.66. The quantitative estimate of drug-likeness (QED) is 0.425. The van der Waals surface area contributed by atoms with Crippen molar-refractivity contribution in [1.82, 2.24) is 15.4 Å². The first-order valence-corrected chi connectivity index (χ1v) is 8.59. The zero-order valence-corrected chi connectivity index (χ0v) is 13.5. The predicted octanol–water partition coefficient (Wildman–Crippen LogP) is 0.116. The predicted molar refractivity (Wildman–Crippen MR) is 79.5 cm³/mol. The van der Waals surface area contributed by atoms with Gasteiger partial charge < -0.3 is 15.7 Å². The minimum absolute atomic E-state index is 0.107. The number of carbonyl (C=O) groups is 2. The van der Waals surface area contributed by atoms with E-state index in [-0.39, 0.29) is 31.0 Å². The van der Waals surface area contributed by atoms with E-state index in [4.69, 9.17) is 5.11 Å². The molecular formula is C12H25N3O5S. The molecule has 0 aromatic carbocycles. The highest BCUT2D eigenvalue weighted by atomic mass is 32.2. The highest BCUT2D eigenvalue weighted by molar-refractivity contribution is 7.88. The first-order valence-electron chi connectivity index (χ1n) is 6.70. The SMILES string of the molecule is CC(C)(CCNC(=O)NCCNS(C)(=O)=O)CCC(=O)O. The van der Waals surface area contributed by atoms with Gasteiger partial charge in [0.05, 0.1) is 6.26 Å². The molecule has 0 spiro atoms. The zero-order chi connectivity index (χ0) is 16.5. The van der Waals surface area contributed by atoms with Gasteiger partial charge >= 0.3 is 12.0 Å². The van der Waals surface area contributed by atoms with Crippen LogP contribution in [-0.2, 0) is 14.8 Å². The fourth-order valence-corrected chi connectivity index (χ4v) is 2.03. The van der Waals surface area contributed by atoms with Crippen molar-refractivity contribution >= 4 is 22.0 Å². The van der Waals surface area contributed by atoms with Crippen molar-refractivity contribution in [2.45, 2.75) is 33.1 Å². The van der Waals surface area contributed by atoms with E-state index in [0.29, 0.717) is 19.4 Å². The Labute approximate surface area is 125 Å². The number of hydrogen-bond acceptors (Lipinski definition) is 4. The lowest BCUT2D eigenvalue weighted by molar-refractivity contribution is -0.137. The molecule has 0 rings (SSSR count). The van der Waals surface area contributed by atoms with Crippen molar-refractivity contribution in [3.05, 3.63) is 0 Å². The third-order valence-corrected chi connectivity index (χ3v) is 3.61. The molecular weight excluding hydrogens is 298 g/mol. The van der Waals surface area contributed by atoms with Crippen molar-refractivity contribution in [2.75, 3.05) is 25.9 Å². The van der Waals surface area contributed by atoms with Crippen molar-refractivity contribution in [2.24, 2.45) is 5.41 Å². The lowest BCUT2D eigenvalue weighted by atomic mass is 9.84. The molecule has 9 heteroatoms. The van der Waals surface area contributed by atoms with Crippen molar-refractivity contribution in [3.8, 4) is 0 Å². The Bertz CT molecular complexity index is 448. The molecule has 21 heavy (non-hydrogen) atoms. The fourth-order valence-electron chi connectivity index (χ4n) is 1.56. The number of sulfonamides is 1. The zero-order valence-electron chi connectivity index (χ0n) is 12.7. The van der Waals surface area contributed by atoms with E-state index in [0.717, 1.165) is 6.26 Å². The first-order chi connectivity index (χ1) is 9.52. The number of carboxylic acids is 1. The molecule has 0 aliphatic rings. The maximum Gasteiger partial charge on any atom is 0.314 e. The van der Waals surface area contributed by atoms with Gasteiger partial charge in [0.25, 0.3) is 0 Å². The molecule has 124 valence electrons. The molecule has 0 radical (unpaired) electrons. The third kappa shape index (κ3) is 13.4. The number of aliphatic carboxylic acids is 1. The molecule has 8 nitrogen and oxygen atoms in total. The second-order valence-electron chi connectivity index (χ2n) is 5.66. The van der Waals surface area contributed by atoms with E-state index in [9.17, 15) is 18.0 Å². The van der Waals surface area contributed by atoms with Gasteiger partial charge in [-0.1, -0.05) is 13.8 Å². The Balaban J connectivity index is 3.76. The van der Waals surface area contributed by atoms with E-state index in [2.05, 4.69) is 15.4 Å². The molecule has 2 amide bonds. The average molecular weight is 323 g/mol. The van der Waals surface area contributed by atoms with Gasteiger partial charge in [-0.05, 0) is 18.3 Å². The van der Waals surface area contributed by atoms with Gasteiger partial charge in [-0.2, -0.15) is 0 Å². The van der Waals surface area contributed by atoms with Gasteiger partial charge in [0.15, 0.2) is 0 Å². The number of carboxylic acid groups (broad SMARTS) is 1. The van der Waals surface area contributed by atoms with Gasteiger partial charge in [-0.15, -0.1) is 0 Å². The second-order valence-corrected chi connectivity index (χ2v) is 7.49. The minimum atomic E-state index is -3.24. The van der Waals surface area contributed by atoms with Gasteiger partial charge in [0.1, 0.15) is 0 Å². The summed E-state index contributed by atoms with van der Waals surface area (Å²) in [5.74, 6) is -0.827. The van der Waals surface area contributed by atoms with Crippen LogP contribution in [0.2, 0.25) is 0 Å². The van der Waals surface area contributed by atoms with E-state index in [1.54, 1.807) is 0 Å². The maximum absolute atomic E-state index is 11.4. The summed E-state index contributed by atoms with van der Waals surface area (Å²) >= 11 is 0. The fraction of sp³-hybridized carbons (Fsp3) is 0.833. The number of nitrogens with one attached hydrogen (secondary N) is 3. The monoisotopic (exact) mass is 323 g/mol. The molecule has 0 fully saturated rings. The lowest BCUT2D eigenvalue weighted by Crippen LogP contribution is -2.41. The third-order valence-electron chi connectivity index (χ3n) is 2.88. The van der Waals surface area contributed by atoms with Crippen molar-refractivity contribution < 1.29 is 23.1 Å². The van der Waals surface area contributed by atoms with Crippen LogP contribution in [-0.4, -0.2) is 51.4 Å². The summed E-state index contributed by atoms with van der Waals surface area (Å²) in [5, 5.41) is 13.8. The highest BCUT2D eigenvalue weighted by Crippen LogP contribution is 2.25. The molecule has 0 unspecified atom stereocenters. The van der Waals surface area contributed by atoms with Gasteiger partial charge in [-0.25, -0.2) is 17.9 Å². The Morgan fingerprint density at radius 2 is 1.62 bits per heavy atom. The Kier molecular flexibility index (Phi) is 8.26. The standard InChI is InChI=1S/C12H25N3O5S/c1-12(2,5-4-10(16)17)6-7-13-11(18)14-8-9-15-21(3,19)20/h15H,4-9H2,1-3H3,(H,16,17)(H2,13,14,18). The molecule has 0 atom stereocenters. The van der Waals surface area contributed by atoms with Crippen molar-refractivity contribution in [3.63, 3.8) is 0 Å². The lowest BCUT2D eigenvalue weighted by Gasteiger charge is -2.23. The molecule has 0 heterocycles. The summed E-state index contributed by atoms with van der Waals surface area (Å²) in [4.78, 5) is 21.9. The smallest absolute Gasteiger partial charge is 0.314 e. The van der Waals surface area contributed by atoms with Crippen LogP contribution in [0.4, 0.5) is 4.79 Å². The molecule has 0 aliphatic heterocycles. The van der Waals surface area contributed by atoms with Gasteiger partial charge in [-0.3, -0.25) is 4.79 Å². The first kappa shape index (κ1) is 19.7. The summed E-state index contributed by atoms with van der Waals surface area (Å²) in [5.41, 5.74) is -0.163. The van der Waals surface area contributed by atoms with E-state index in [1.807, 2.05) is 13.8 Å². The van der Waals surface area contributed by atoms with Gasteiger partial charge in [0, 0.05) is 26.1 Å². The second kappa shape index (κ2) is 8.83. The van der Waals surface area contributed by atoms with Crippen LogP contribution in [0.1, 0.15) is 33.1 Å². The van der Waals surface area contributed by atoms with Crippen LogP contribution < -0.4 is 15.4 Å². The Hall–Kier alpha value is -1.35. The largest absolute Gasteiger partial charge is 0.481 e. The number of urea groups is 1. The van der Waals surface area contributed by atoms with Crippen LogP contribution >= 0.6 is 0 Å². The molecule has 4 N–H and O–H groups in total. The minimum Gasteiger partial charge on any atom is -0.481 e. The van der Waals surface area contributed by atoms with E-state index >= 15 is 0 Å². The Morgan fingerprint density at radius 3 is 2.14 bits per heavy atom.